The van der Waals surface area contributed by atoms with Gasteiger partial charge in [-0.05, 0) is 104 Å². The zero-order valence-corrected chi connectivity index (χ0v) is 19.0. The fourth-order valence-electron chi connectivity index (χ4n) is 6.78. The molecule has 6 heteroatoms. The number of aromatic carboxylic acids is 1. The van der Waals surface area contributed by atoms with Gasteiger partial charge >= 0.3 is 5.97 Å². The Morgan fingerprint density at radius 3 is 2.38 bits per heavy atom. The van der Waals surface area contributed by atoms with Crippen molar-refractivity contribution in [3.8, 4) is 5.75 Å². The lowest BCUT2D eigenvalue weighted by molar-refractivity contribution is -0.118. The number of amides is 1. The van der Waals surface area contributed by atoms with E-state index < -0.39 is 11.9 Å². The van der Waals surface area contributed by atoms with Crippen LogP contribution in [0, 0.1) is 24.7 Å². The lowest BCUT2D eigenvalue weighted by Crippen LogP contribution is -2.48. The molecule has 6 rings (SSSR count). The molecule has 4 bridgehead atoms. The summed E-state index contributed by atoms with van der Waals surface area (Å²) in [6.07, 6.45) is 8.03. The zero-order chi connectivity index (χ0) is 22.5. The van der Waals surface area contributed by atoms with Crippen LogP contribution in [0.5, 0.6) is 5.75 Å². The minimum absolute atomic E-state index is 0.0350. The monoisotopic (exact) mass is 453 g/mol. The van der Waals surface area contributed by atoms with Crippen LogP contribution in [0.1, 0.15) is 60.0 Å². The Morgan fingerprint density at radius 2 is 1.75 bits per heavy atom. The minimum atomic E-state index is -1.14. The summed E-state index contributed by atoms with van der Waals surface area (Å²) in [5.74, 6) is 1.72. The maximum absolute atomic E-state index is 12.5. The SMILES string of the molecule is Cc1cc(Cl)cc(C(=O)O)c1NC(=O)COc1cccc(C23CC4CC(CC(C4)C2)C3)c1. The van der Waals surface area contributed by atoms with Crippen molar-refractivity contribution in [3.05, 3.63) is 58.1 Å². The summed E-state index contributed by atoms with van der Waals surface area (Å²) in [6, 6.07) is 11.2. The Labute approximate surface area is 193 Å². The van der Waals surface area contributed by atoms with Crippen LogP contribution in [0.25, 0.3) is 0 Å². The Morgan fingerprint density at radius 1 is 1.09 bits per heavy atom. The molecule has 2 N–H and O–H groups in total. The van der Waals surface area contributed by atoms with Crippen LogP contribution in [0.2, 0.25) is 5.02 Å². The average molecular weight is 454 g/mol. The number of nitrogens with one attached hydrogen (secondary N) is 1. The number of halogens is 1. The van der Waals surface area contributed by atoms with Gasteiger partial charge in [0.1, 0.15) is 5.75 Å². The highest BCUT2D eigenvalue weighted by Crippen LogP contribution is 2.60. The minimum Gasteiger partial charge on any atom is -0.484 e. The van der Waals surface area contributed by atoms with Crippen LogP contribution in [-0.2, 0) is 10.2 Å². The molecule has 0 saturated heterocycles. The molecule has 32 heavy (non-hydrogen) atoms. The highest BCUT2D eigenvalue weighted by Gasteiger charge is 2.51. The van der Waals surface area contributed by atoms with Crippen LogP contribution in [0.4, 0.5) is 5.69 Å². The van der Waals surface area contributed by atoms with Crippen molar-refractivity contribution in [2.45, 2.75) is 50.9 Å². The highest BCUT2D eigenvalue weighted by atomic mass is 35.5. The quantitative estimate of drug-likeness (QED) is 0.576. The van der Waals surface area contributed by atoms with Gasteiger partial charge in [-0.1, -0.05) is 23.7 Å². The van der Waals surface area contributed by atoms with Crippen LogP contribution < -0.4 is 10.1 Å². The summed E-state index contributed by atoms with van der Waals surface area (Å²) >= 11 is 5.97. The molecule has 168 valence electrons. The number of hydrogen-bond donors (Lipinski definition) is 2. The van der Waals surface area contributed by atoms with Gasteiger partial charge in [-0.25, -0.2) is 4.79 Å². The molecule has 0 radical (unpaired) electrons. The van der Waals surface area contributed by atoms with Gasteiger partial charge in [0.15, 0.2) is 6.61 Å². The Kier molecular flexibility index (Phi) is 5.40. The average Bonchev–Trinajstić information content (AvgIpc) is 2.73. The molecule has 4 aliphatic carbocycles. The van der Waals surface area contributed by atoms with E-state index in [1.54, 1.807) is 13.0 Å². The number of rotatable bonds is 6. The smallest absolute Gasteiger partial charge is 0.337 e. The second-order valence-electron chi connectivity index (χ2n) is 10.0. The van der Waals surface area contributed by atoms with Gasteiger partial charge < -0.3 is 15.2 Å². The summed E-state index contributed by atoms with van der Waals surface area (Å²) in [6.45, 7) is 1.52. The first-order valence-electron chi connectivity index (χ1n) is 11.4. The molecule has 4 fully saturated rings. The maximum atomic E-state index is 12.5. The summed E-state index contributed by atoms with van der Waals surface area (Å²) in [5.41, 5.74) is 2.42. The number of benzene rings is 2. The van der Waals surface area contributed by atoms with Crippen molar-refractivity contribution in [3.63, 3.8) is 0 Å². The highest BCUT2D eigenvalue weighted by molar-refractivity contribution is 6.31. The molecule has 4 saturated carbocycles. The van der Waals surface area contributed by atoms with Crippen LogP contribution >= 0.6 is 11.6 Å². The molecule has 2 aromatic carbocycles. The standard InChI is InChI=1S/C26H28ClNO4/c1-15-5-20(27)10-22(25(30)31)24(15)28-23(29)14-32-21-4-2-3-19(9-21)26-11-16-6-17(12-26)8-18(7-16)13-26/h2-5,9-10,16-18H,6-8,11-14H2,1H3,(H,28,29)(H,30,31). The van der Waals surface area contributed by atoms with Crippen LogP contribution in [-0.4, -0.2) is 23.6 Å². The molecule has 5 nitrogen and oxygen atoms in total. The van der Waals surface area contributed by atoms with Crippen molar-refractivity contribution in [2.24, 2.45) is 17.8 Å². The first-order valence-corrected chi connectivity index (χ1v) is 11.8. The van der Waals surface area contributed by atoms with E-state index in [0.717, 1.165) is 17.8 Å². The van der Waals surface area contributed by atoms with Gasteiger partial charge in [0.05, 0.1) is 11.3 Å². The van der Waals surface area contributed by atoms with Gasteiger partial charge in [0.2, 0.25) is 0 Å². The molecule has 0 aliphatic heterocycles. The molecule has 0 aromatic heterocycles. The summed E-state index contributed by atoms with van der Waals surface area (Å²) < 4.78 is 5.82. The second-order valence-corrected chi connectivity index (χ2v) is 10.4. The van der Waals surface area contributed by atoms with E-state index in [9.17, 15) is 14.7 Å². The zero-order valence-electron chi connectivity index (χ0n) is 18.2. The number of hydrogen-bond acceptors (Lipinski definition) is 3. The van der Waals surface area contributed by atoms with E-state index in [1.807, 2.05) is 12.1 Å². The molecular weight excluding hydrogens is 426 g/mol. The van der Waals surface area contributed by atoms with E-state index in [1.165, 1.54) is 50.2 Å². The fourth-order valence-corrected chi connectivity index (χ4v) is 7.05. The van der Waals surface area contributed by atoms with Crippen molar-refractivity contribution in [1.29, 1.82) is 0 Å². The largest absolute Gasteiger partial charge is 0.484 e. The predicted molar refractivity (Wildman–Crippen MR) is 124 cm³/mol. The Balaban J connectivity index is 1.28. The molecule has 0 atom stereocenters. The summed E-state index contributed by atoms with van der Waals surface area (Å²) in [4.78, 5) is 24.1. The lowest BCUT2D eigenvalue weighted by Gasteiger charge is -2.57. The van der Waals surface area contributed by atoms with Gasteiger partial charge in [-0.3, -0.25) is 4.79 Å². The van der Waals surface area contributed by atoms with Crippen molar-refractivity contribution >= 4 is 29.2 Å². The van der Waals surface area contributed by atoms with Crippen molar-refractivity contribution < 1.29 is 19.4 Å². The number of aryl methyl sites for hydroxylation is 1. The number of ether oxygens (including phenoxy) is 1. The number of anilines is 1. The fraction of sp³-hybridized carbons (Fsp3) is 0.462. The normalized spacial score (nSPS) is 27.9. The molecular formula is C26H28ClNO4. The van der Waals surface area contributed by atoms with Crippen molar-refractivity contribution in [1.82, 2.24) is 0 Å². The van der Waals surface area contributed by atoms with E-state index in [0.29, 0.717) is 16.3 Å². The van der Waals surface area contributed by atoms with Gasteiger partial charge in [-0.15, -0.1) is 0 Å². The first kappa shape index (κ1) is 21.3. The Bertz CT molecular complexity index is 1040. The molecule has 0 heterocycles. The summed E-state index contributed by atoms with van der Waals surface area (Å²) in [5, 5.41) is 12.4. The number of carboxylic acids is 1. The molecule has 2 aromatic rings. The maximum Gasteiger partial charge on any atom is 0.337 e. The number of carboxylic acid groups (broad SMARTS) is 1. The lowest BCUT2D eigenvalue weighted by atomic mass is 9.48. The molecule has 4 aliphatic rings. The third kappa shape index (κ3) is 3.99. The van der Waals surface area contributed by atoms with Crippen molar-refractivity contribution in [2.75, 3.05) is 11.9 Å². The Hall–Kier alpha value is -2.53. The van der Waals surface area contributed by atoms with Gasteiger partial charge in [-0.2, -0.15) is 0 Å². The van der Waals surface area contributed by atoms with Crippen LogP contribution in [0.3, 0.4) is 0 Å². The molecule has 0 unspecified atom stereocenters. The van der Waals surface area contributed by atoms with Gasteiger partial charge in [0, 0.05) is 5.02 Å². The van der Waals surface area contributed by atoms with Gasteiger partial charge in [0.25, 0.3) is 5.91 Å². The number of carbonyl (C=O) groups excluding carboxylic acids is 1. The predicted octanol–water partition coefficient (Wildman–Crippen LogP) is 5.83. The summed E-state index contributed by atoms with van der Waals surface area (Å²) in [7, 11) is 0. The van der Waals surface area contributed by atoms with Crippen LogP contribution in [0.15, 0.2) is 36.4 Å². The second kappa shape index (κ2) is 8.11. The third-order valence-corrected chi connectivity index (χ3v) is 7.87. The molecule has 0 spiro atoms. The molecule has 1 amide bonds. The van der Waals surface area contributed by atoms with E-state index >= 15 is 0 Å². The topological polar surface area (TPSA) is 75.6 Å². The first-order chi connectivity index (χ1) is 15.3. The third-order valence-electron chi connectivity index (χ3n) is 7.65. The van der Waals surface area contributed by atoms with E-state index in [4.69, 9.17) is 16.3 Å². The van der Waals surface area contributed by atoms with E-state index in [-0.39, 0.29) is 23.3 Å². The van der Waals surface area contributed by atoms with E-state index in [2.05, 4.69) is 17.4 Å². The number of carbonyl (C=O) groups is 2.